The lowest BCUT2D eigenvalue weighted by Crippen LogP contribution is -2.10. The molecule has 1 unspecified atom stereocenters. The highest BCUT2D eigenvalue weighted by Gasteiger charge is 2.33. The lowest BCUT2D eigenvalue weighted by Gasteiger charge is -2.27. The second-order valence-electron chi connectivity index (χ2n) is 15.1. The average molecular weight is 967 g/mol. The van der Waals surface area contributed by atoms with Crippen LogP contribution in [0.2, 0.25) is 0 Å². The van der Waals surface area contributed by atoms with E-state index in [1.165, 1.54) is 7.11 Å². The second kappa shape index (κ2) is 24.3. The molecule has 0 aromatic heterocycles. The van der Waals surface area contributed by atoms with Crippen LogP contribution in [0.15, 0.2) is 146 Å². The van der Waals surface area contributed by atoms with Gasteiger partial charge in [-0.2, -0.15) is 0 Å². The number of benzene rings is 5. The minimum absolute atomic E-state index is 0.0293. The van der Waals surface area contributed by atoms with E-state index in [0.29, 0.717) is 97.4 Å². The van der Waals surface area contributed by atoms with E-state index in [-0.39, 0.29) is 6.29 Å². The molecule has 10 rings (SSSR count). The van der Waals surface area contributed by atoms with Crippen molar-refractivity contribution in [3.8, 4) is 40.2 Å². The van der Waals surface area contributed by atoms with Crippen molar-refractivity contribution in [1.29, 1.82) is 0 Å². The Balaban J connectivity index is 0.000000422. The molecule has 1 atom stereocenters. The van der Waals surface area contributed by atoms with E-state index in [9.17, 15) is 0 Å². The molecular formula is C51H52O15P2. The summed E-state index contributed by atoms with van der Waals surface area (Å²) in [4.78, 5) is 0. The Bertz CT molecular complexity index is 2420. The molecule has 356 valence electrons. The van der Waals surface area contributed by atoms with Gasteiger partial charge in [-0.1, -0.05) is 116 Å². The molecule has 5 aromatic rings. The maximum atomic E-state index is 6.68. The van der Waals surface area contributed by atoms with Crippen LogP contribution < -0.4 is 27.4 Å². The zero-order valence-electron chi connectivity index (χ0n) is 37.4. The van der Waals surface area contributed by atoms with E-state index in [1.807, 2.05) is 133 Å². The molecule has 0 aliphatic carbocycles. The Morgan fingerprint density at radius 1 is 0.471 bits per heavy atom. The van der Waals surface area contributed by atoms with Crippen LogP contribution in [0.1, 0.15) is 53.1 Å². The first-order chi connectivity index (χ1) is 33.6. The fourth-order valence-corrected chi connectivity index (χ4v) is 9.37. The number of ether oxygens (including phenoxy) is 9. The molecule has 0 N–H and O–H groups in total. The van der Waals surface area contributed by atoms with Gasteiger partial charge in [0.15, 0.2) is 48.2 Å². The Labute approximate surface area is 397 Å². The van der Waals surface area contributed by atoms with Crippen LogP contribution in [-0.4, -0.2) is 66.3 Å². The highest BCUT2D eigenvalue weighted by atomic mass is 31.2. The third-order valence-electron chi connectivity index (χ3n) is 10.6. The standard InChI is InChI=1S/C41H38O13P2.C10H14O2/c1-42-55(50-32-15-5-2-12-29(32)39-43-20-21-44-39)53-35-18-8-10-27-26-28-11-9-19-36(38(28)49-37(27)35)54-56(51-33-16-6-3-13-30(33)40-45-22-23-46-40)52-34-17-7-4-14-31(34)41-47-24-25-48-41;1-2-3-4-5-6-7-10-11-8-9-12-10/h2-19,39-41H,20-26H2,1H3;2-6,10H,1,7-9H2/b;4-3-,6-5-. The molecular weight excluding hydrogens is 914 g/mol. The molecule has 4 fully saturated rings. The zero-order chi connectivity index (χ0) is 46.3. The van der Waals surface area contributed by atoms with Gasteiger partial charge in [0.1, 0.15) is 17.2 Å². The molecule has 0 saturated carbocycles. The SMILES string of the molecule is C=C/C=C\C=C/CC1OCCO1.COP(Oc1ccccc1C1OCCO1)Oc1cccc2c1Oc1c(cccc1OP(Oc1ccccc1C1OCCO1)Oc1ccccc1C1OCCO1)C2. The molecule has 0 amide bonds. The van der Waals surface area contributed by atoms with Gasteiger partial charge in [-0.3, -0.25) is 4.52 Å². The van der Waals surface area contributed by atoms with Gasteiger partial charge in [0.05, 0.1) is 69.5 Å². The highest BCUT2D eigenvalue weighted by molar-refractivity contribution is 7.43. The number of fused-ring (bicyclic) bond motifs is 2. The number of hydrogen-bond donors (Lipinski definition) is 0. The first-order valence-corrected chi connectivity index (χ1v) is 24.4. The van der Waals surface area contributed by atoms with E-state index in [1.54, 1.807) is 6.08 Å². The molecule has 5 aromatic carbocycles. The van der Waals surface area contributed by atoms with Crippen LogP contribution in [0, 0.1) is 0 Å². The Morgan fingerprint density at radius 3 is 1.32 bits per heavy atom. The lowest BCUT2D eigenvalue weighted by molar-refractivity contribution is -0.0454. The van der Waals surface area contributed by atoms with Crippen LogP contribution in [0.5, 0.6) is 40.2 Å². The van der Waals surface area contributed by atoms with Crippen LogP contribution >= 0.6 is 17.2 Å². The van der Waals surface area contributed by atoms with Crippen molar-refractivity contribution in [2.45, 2.75) is 38.0 Å². The predicted octanol–water partition coefficient (Wildman–Crippen LogP) is 11.7. The molecule has 5 heterocycles. The third kappa shape index (κ3) is 12.3. The van der Waals surface area contributed by atoms with E-state index >= 15 is 0 Å². The summed E-state index contributed by atoms with van der Waals surface area (Å²) in [6.45, 7) is 7.94. The largest absolute Gasteiger partial charge is 0.530 e. The van der Waals surface area contributed by atoms with Gasteiger partial charge in [-0.25, -0.2) is 0 Å². The van der Waals surface area contributed by atoms with E-state index in [2.05, 4.69) is 6.58 Å². The third-order valence-corrected chi connectivity index (χ3v) is 12.6. The molecule has 15 nitrogen and oxygen atoms in total. The van der Waals surface area contributed by atoms with Gasteiger partial charge in [0, 0.05) is 31.1 Å². The summed E-state index contributed by atoms with van der Waals surface area (Å²) >= 11 is 0. The zero-order valence-corrected chi connectivity index (χ0v) is 39.2. The maximum absolute atomic E-state index is 6.68. The van der Waals surface area contributed by atoms with Gasteiger partial charge >= 0.3 is 17.2 Å². The lowest BCUT2D eigenvalue weighted by atomic mass is 10.00. The number of allylic oxidation sites excluding steroid dienone is 4. The summed E-state index contributed by atoms with van der Waals surface area (Å²) in [6.07, 6.45) is 9.18. The van der Waals surface area contributed by atoms with Gasteiger partial charge in [-0.05, 0) is 30.3 Å². The topological polar surface area (TPSA) is 138 Å². The molecule has 0 radical (unpaired) electrons. The van der Waals surface area contributed by atoms with Crippen LogP contribution in [0.4, 0.5) is 0 Å². The normalized spacial score (nSPS) is 18.0. The predicted molar refractivity (Wildman–Crippen MR) is 252 cm³/mol. The molecule has 0 bridgehead atoms. The number of para-hydroxylation sites is 5. The van der Waals surface area contributed by atoms with Crippen molar-refractivity contribution in [3.05, 3.63) is 174 Å². The fraction of sp³-hybridized carbons (Fsp3) is 0.294. The summed E-state index contributed by atoms with van der Waals surface area (Å²) < 4.78 is 90.2. The van der Waals surface area contributed by atoms with Crippen molar-refractivity contribution in [3.63, 3.8) is 0 Å². The number of rotatable bonds is 18. The second-order valence-corrected chi connectivity index (χ2v) is 17.3. The Kier molecular flexibility index (Phi) is 17.0. The summed E-state index contributed by atoms with van der Waals surface area (Å²) in [5, 5.41) is 0. The van der Waals surface area contributed by atoms with Crippen molar-refractivity contribution in [2.75, 3.05) is 60.0 Å². The molecule has 68 heavy (non-hydrogen) atoms. The summed E-state index contributed by atoms with van der Waals surface area (Å²) in [5.74, 6) is 3.35. The Morgan fingerprint density at radius 2 is 0.868 bits per heavy atom. The van der Waals surface area contributed by atoms with Gasteiger partial charge in [-0.15, -0.1) is 0 Å². The van der Waals surface area contributed by atoms with Crippen LogP contribution in [-0.2, 0) is 48.8 Å². The summed E-state index contributed by atoms with van der Waals surface area (Å²) in [6, 6.07) is 33.9. The van der Waals surface area contributed by atoms with Crippen LogP contribution in [0.25, 0.3) is 0 Å². The van der Waals surface area contributed by atoms with Crippen molar-refractivity contribution < 1.29 is 69.8 Å². The van der Waals surface area contributed by atoms with E-state index in [0.717, 1.165) is 36.3 Å². The highest BCUT2D eigenvalue weighted by Crippen LogP contribution is 2.54. The van der Waals surface area contributed by atoms with Gasteiger partial charge in [0.25, 0.3) is 0 Å². The number of hydrogen-bond acceptors (Lipinski definition) is 15. The van der Waals surface area contributed by atoms with Gasteiger partial charge < -0.3 is 65.3 Å². The van der Waals surface area contributed by atoms with Crippen molar-refractivity contribution >= 4 is 17.2 Å². The average Bonchev–Trinajstić information content (AvgIpc) is 4.24. The first kappa shape index (κ1) is 47.7. The molecule has 5 aliphatic heterocycles. The van der Waals surface area contributed by atoms with E-state index in [4.69, 9.17) is 69.8 Å². The minimum atomic E-state index is -2.18. The van der Waals surface area contributed by atoms with Crippen molar-refractivity contribution in [2.24, 2.45) is 0 Å². The minimum Gasteiger partial charge on any atom is -0.449 e. The quantitative estimate of drug-likeness (QED) is 0.0596. The smallest absolute Gasteiger partial charge is 0.449 e. The summed E-state index contributed by atoms with van der Waals surface area (Å²) in [5.41, 5.74) is 3.99. The molecule has 5 aliphatic rings. The monoisotopic (exact) mass is 966 g/mol. The first-order valence-electron chi connectivity index (χ1n) is 22.2. The molecule has 4 saturated heterocycles. The maximum Gasteiger partial charge on any atom is 0.530 e. The molecule has 17 heteroatoms. The van der Waals surface area contributed by atoms with Crippen molar-refractivity contribution in [1.82, 2.24) is 0 Å². The fourth-order valence-electron chi connectivity index (χ4n) is 7.48. The Hall–Kier alpha value is -5.38. The van der Waals surface area contributed by atoms with Gasteiger partial charge in [0.2, 0.25) is 0 Å². The van der Waals surface area contributed by atoms with Crippen LogP contribution in [0.3, 0.4) is 0 Å². The molecule has 0 spiro atoms. The summed E-state index contributed by atoms with van der Waals surface area (Å²) in [7, 11) is -2.57. The van der Waals surface area contributed by atoms with E-state index < -0.39 is 36.1 Å².